The molecule has 0 heterocycles. The van der Waals surface area contributed by atoms with Gasteiger partial charge < -0.3 is 11.1 Å². The fourth-order valence-corrected chi connectivity index (χ4v) is 2.63. The number of nitrogens with two attached hydrogens (primary N) is 1. The average Bonchev–Trinajstić information content (AvgIpc) is 2.34. The van der Waals surface area contributed by atoms with Gasteiger partial charge in [-0.3, -0.25) is 4.72 Å². The number of hydrogen-bond donors (Lipinski definition) is 3. The largest absolute Gasteiger partial charge is 0.370 e. The molecule has 124 valence electrons. The summed E-state index contributed by atoms with van der Waals surface area (Å²) < 4.78 is 24.6. The lowest BCUT2D eigenvalue weighted by atomic mass is 9.85. The molecule has 1 aromatic carbocycles. The average molecular weight is 438 g/mol. The molecule has 0 unspecified atom stereocenters. The predicted octanol–water partition coefficient (Wildman–Crippen LogP) is 1.88. The Kier molecular flexibility index (Phi) is 7.40. The van der Waals surface area contributed by atoms with Crippen molar-refractivity contribution in [3.05, 3.63) is 29.8 Å². The molecular formula is C14H23IN4O2S. The van der Waals surface area contributed by atoms with E-state index in [1.165, 1.54) is 19.3 Å². The van der Waals surface area contributed by atoms with Crippen molar-refractivity contribution in [2.45, 2.75) is 25.8 Å². The van der Waals surface area contributed by atoms with Crippen LogP contribution in [0.2, 0.25) is 0 Å². The van der Waals surface area contributed by atoms with Crippen molar-refractivity contribution < 1.29 is 8.42 Å². The first-order valence-electron chi connectivity index (χ1n) is 7.03. The number of anilines is 1. The highest BCUT2D eigenvalue weighted by Gasteiger charge is 2.16. The van der Waals surface area contributed by atoms with Crippen molar-refractivity contribution in [2.24, 2.45) is 16.6 Å². The van der Waals surface area contributed by atoms with Crippen LogP contribution in [0.15, 0.2) is 29.3 Å². The first kappa shape index (κ1) is 19.0. The van der Waals surface area contributed by atoms with Crippen molar-refractivity contribution in [2.75, 3.05) is 17.5 Å². The van der Waals surface area contributed by atoms with Gasteiger partial charge in [0.25, 0.3) is 0 Å². The number of guanidine groups is 1. The maximum atomic E-state index is 11.1. The van der Waals surface area contributed by atoms with Crippen LogP contribution in [0.1, 0.15) is 24.8 Å². The number of sulfonamides is 1. The van der Waals surface area contributed by atoms with Crippen LogP contribution in [0.4, 0.5) is 5.69 Å². The second-order valence-electron chi connectivity index (χ2n) is 5.45. The zero-order valence-electron chi connectivity index (χ0n) is 12.6. The first-order chi connectivity index (χ1) is 9.92. The molecule has 4 N–H and O–H groups in total. The number of rotatable bonds is 6. The van der Waals surface area contributed by atoms with Gasteiger partial charge in [0.15, 0.2) is 5.96 Å². The van der Waals surface area contributed by atoms with Crippen LogP contribution >= 0.6 is 24.0 Å². The van der Waals surface area contributed by atoms with E-state index in [2.05, 4.69) is 15.0 Å². The third kappa shape index (κ3) is 6.82. The molecule has 0 radical (unpaired) electrons. The summed E-state index contributed by atoms with van der Waals surface area (Å²) in [5, 5.41) is 3.13. The molecule has 2 rings (SSSR count). The monoisotopic (exact) mass is 438 g/mol. The van der Waals surface area contributed by atoms with E-state index in [0.29, 0.717) is 18.2 Å². The normalized spacial score (nSPS) is 15.6. The lowest BCUT2D eigenvalue weighted by Gasteiger charge is -2.25. The summed E-state index contributed by atoms with van der Waals surface area (Å²) in [7, 11) is -3.24. The lowest BCUT2D eigenvalue weighted by Crippen LogP contribution is -2.37. The van der Waals surface area contributed by atoms with Gasteiger partial charge in [0, 0.05) is 12.2 Å². The number of hydrogen-bond acceptors (Lipinski definition) is 3. The number of benzene rings is 1. The Morgan fingerprint density at radius 3 is 2.45 bits per heavy atom. The highest BCUT2D eigenvalue weighted by molar-refractivity contribution is 14.0. The summed E-state index contributed by atoms with van der Waals surface area (Å²) in [6, 6.07) is 7.08. The molecule has 0 bridgehead atoms. The minimum absolute atomic E-state index is 0. The van der Waals surface area contributed by atoms with Gasteiger partial charge >= 0.3 is 0 Å². The van der Waals surface area contributed by atoms with Gasteiger partial charge in [-0.2, -0.15) is 0 Å². The van der Waals surface area contributed by atoms with Gasteiger partial charge in [-0.15, -0.1) is 24.0 Å². The maximum absolute atomic E-state index is 11.1. The first-order valence-corrected chi connectivity index (χ1v) is 8.92. The van der Waals surface area contributed by atoms with E-state index in [4.69, 9.17) is 5.73 Å². The third-order valence-electron chi connectivity index (χ3n) is 3.49. The topological polar surface area (TPSA) is 96.6 Å². The van der Waals surface area contributed by atoms with Crippen molar-refractivity contribution in [1.29, 1.82) is 0 Å². The number of nitrogens with one attached hydrogen (secondary N) is 2. The molecule has 1 saturated carbocycles. The molecule has 22 heavy (non-hydrogen) atoms. The highest BCUT2D eigenvalue weighted by Crippen LogP contribution is 2.24. The van der Waals surface area contributed by atoms with Crippen LogP contribution in [0.5, 0.6) is 0 Å². The molecule has 1 fully saturated rings. The van der Waals surface area contributed by atoms with Crippen molar-refractivity contribution in [3.63, 3.8) is 0 Å². The van der Waals surface area contributed by atoms with E-state index in [0.717, 1.165) is 24.3 Å². The highest BCUT2D eigenvalue weighted by atomic mass is 127. The molecule has 1 aromatic rings. The Labute approximate surface area is 149 Å². The predicted molar refractivity (Wildman–Crippen MR) is 101 cm³/mol. The molecule has 0 atom stereocenters. The Bertz CT molecular complexity index is 598. The Morgan fingerprint density at radius 2 is 1.95 bits per heavy atom. The fraction of sp³-hybridized carbons (Fsp3) is 0.500. The molecule has 0 spiro atoms. The molecule has 1 aliphatic rings. The van der Waals surface area contributed by atoms with E-state index < -0.39 is 10.0 Å². The Balaban J connectivity index is 0.00000242. The standard InChI is InChI=1S/C14H22N4O2S.HI/c1-21(19,20)18-13-7-5-12(6-8-13)10-17-14(15)16-9-11-3-2-4-11;/h5-8,11,18H,2-4,9-10H2,1H3,(H3,15,16,17);1H. The quantitative estimate of drug-likeness (QED) is 0.359. The molecule has 1 aliphatic carbocycles. The van der Waals surface area contributed by atoms with Gasteiger partial charge in [0.05, 0.1) is 12.8 Å². The van der Waals surface area contributed by atoms with E-state index in [9.17, 15) is 8.42 Å². The molecule has 8 heteroatoms. The van der Waals surface area contributed by atoms with Crippen LogP contribution < -0.4 is 15.8 Å². The molecular weight excluding hydrogens is 415 g/mol. The summed E-state index contributed by atoms with van der Waals surface area (Å²) in [4.78, 5) is 4.27. The number of nitrogens with zero attached hydrogens (tertiary/aromatic N) is 1. The van der Waals surface area contributed by atoms with Gasteiger partial charge in [-0.1, -0.05) is 18.6 Å². The molecule has 6 nitrogen and oxygen atoms in total. The van der Waals surface area contributed by atoms with Gasteiger partial charge in [-0.25, -0.2) is 13.4 Å². The number of halogens is 1. The lowest BCUT2D eigenvalue weighted by molar-refractivity contribution is 0.315. The Hall–Kier alpha value is -1.03. The molecule has 0 aliphatic heterocycles. The Morgan fingerprint density at radius 1 is 1.32 bits per heavy atom. The van der Waals surface area contributed by atoms with E-state index >= 15 is 0 Å². The van der Waals surface area contributed by atoms with Crippen LogP contribution in [0, 0.1) is 5.92 Å². The third-order valence-corrected chi connectivity index (χ3v) is 4.09. The SMILES string of the molecule is CS(=O)(=O)Nc1ccc(CN=C(N)NCC2CCC2)cc1.I. The summed E-state index contributed by atoms with van der Waals surface area (Å²) in [6.45, 7) is 1.37. The van der Waals surface area contributed by atoms with Gasteiger partial charge in [0.1, 0.15) is 0 Å². The van der Waals surface area contributed by atoms with Crippen LogP contribution in [0.25, 0.3) is 0 Å². The molecule has 0 saturated heterocycles. The summed E-state index contributed by atoms with van der Waals surface area (Å²) >= 11 is 0. The molecule has 0 amide bonds. The number of aliphatic imine (C=N–C) groups is 1. The van der Waals surface area contributed by atoms with Gasteiger partial charge in [-0.05, 0) is 36.5 Å². The van der Waals surface area contributed by atoms with Crippen LogP contribution in [0.3, 0.4) is 0 Å². The van der Waals surface area contributed by atoms with E-state index in [1.807, 2.05) is 12.1 Å². The molecule has 0 aromatic heterocycles. The zero-order valence-corrected chi connectivity index (χ0v) is 15.7. The van der Waals surface area contributed by atoms with E-state index in [-0.39, 0.29) is 24.0 Å². The van der Waals surface area contributed by atoms with Crippen molar-refractivity contribution >= 4 is 45.6 Å². The fourth-order valence-electron chi connectivity index (χ4n) is 2.07. The zero-order chi connectivity index (χ0) is 15.3. The van der Waals surface area contributed by atoms with Crippen molar-refractivity contribution in [1.82, 2.24) is 5.32 Å². The minimum atomic E-state index is -3.24. The summed E-state index contributed by atoms with van der Waals surface area (Å²) in [6.07, 6.45) is 4.99. The minimum Gasteiger partial charge on any atom is -0.370 e. The summed E-state index contributed by atoms with van der Waals surface area (Å²) in [5.41, 5.74) is 7.33. The summed E-state index contributed by atoms with van der Waals surface area (Å²) in [5.74, 6) is 1.19. The maximum Gasteiger partial charge on any atom is 0.229 e. The van der Waals surface area contributed by atoms with Crippen LogP contribution in [-0.4, -0.2) is 27.2 Å². The van der Waals surface area contributed by atoms with Crippen molar-refractivity contribution in [3.8, 4) is 0 Å². The van der Waals surface area contributed by atoms with Crippen LogP contribution in [-0.2, 0) is 16.6 Å². The van der Waals surface area contributed by atoms with Gasteiger partial charge in [0.2, 0.25) is 10.0 Å². The smallest absolute Gasteiger partial charge is 0.229 e. The second kappa shape index (κ2) is 8.56. The second-order valence-corrected chi connectivity index (χ2v) is 7.20. The van der Waals surface area contributed by atoms with E-state index in [1.54, 1.807) is 12.1 Å².